The van der Waals surface area contributed by atoms with Crippen molar-refractivity contribution in [2.45, 2.75) is 78.2 Å². The van der Waals surface area contributed by atoms with E-state index in [-0.39, 0.29) is 5.91 Å². The van der Waals surface area contributed by atoms with Gasteiger partial charge in [0.1, 0.15) is 0 Å². The molecule has 28 heavy (non-hydrogen) atoms. The van der Waals surface area contributed by atoms with Crippen LogP contribution in [0.25, 0.3) is 11.1 Å². The van der Waals surface area contributed by atoms with E-state index in [0.717, 1.165) is 36.2 Å². The average molecular weight is 401 g/mol. The number of nitrogens with zero attached hydrogens (tertiary/aromatic N) is 1. The molecule has 0 radical (unpaired) electrons. The lowest BCUT2D eigenvalue weighted by Crippen LogP contribution is -2.18. The molecule has 1 aromatic carbocycles. The third kappa shape index (κ3) is 4.46. The van der Waals surface area contributed by atoms with Crippen molar-refractivity contribution in [1.29, 1.82) is 0 Å². The van der Waals surface area contributed by atoms with Gasteiger partial charge >= 0.3 is 0 Å². The van der Waals surface area contributed by atoms with Crippen LogP contribution < -0.4 is 5.73 Å². The molecule has 2 N–H and O–H groups in total. The lowest BCUT2D eigenvalue weighted by Gasteiger charge is -2.24. The standard InChI is InChI=1S/C24H33ClN2O/c1-3-4-6-15-21-23(19-13-9-10-14-20(19)25)22(24(26)28)17(2)27(21)16-18-11-7-5-8-12-18/h9-10,13-14,18H,3-8,11-12,15-16H2,1-2H3,(H2,26,28). The Hall–Kier alpha value is -1.74. The largest absolute Gasteiger partial charge is 0.366 e. The van der Waals surface area contributed by atoms with Gasteiger partial charge in [0.05, 0.1) is 5.56 Å². The van der Waals surface area contributed by atoms with Gasteiger partial charge < -0.3 is 10.3 Å². The van der Waals surface area contributed by atoms with Crippen molar-refractivity contribution < 1.29 is 4.79 Å². The Morgan fingerprint density at radius 3 is 2.54 bits per heavy atom. The van der Waals surface area contributed by atoms with Crippen LogP contribution in [0.15, 0.2) is 24.3 Å². The smallest absolute Gasteiger partial charge is 0.251 e. The summed E-state index contributed by atoms with van der Waals surface area (Å²) in [6.45, 7) is 5.25. The van der Waals surface area contributed by atoms with Crippen molar-refractivity contribution in [3.63, 3.8) is 0 Å². The molecule has 0 aliphatic heterocycles. The van der Waals surface area contributed by atoms with Gasteiger partial charge in [0, 0.05) is 34.1 Å². The maximum Gasteiger partial charge on any atom is 0.251 e. The van der Waals surface area contributed by atoms with Gasteiger partial charge in [-0.25, -0.2) is 0 Å². The summed E-state index contributed by atoms with van der Waals surface area (Å²) >= 11 is 6.56. The van der Waals surface area contributed by atoms with Gasteiger partial charge in [-0.3, -0.25) is 4.79 Å². The van der Waals surface area contributed by atoms with E-state index in [4.69, 9.17) is 17.3 Å². The molecule has 1 aliphatic carbocycles. The minimum Gasteiger partial charge on any atom is -0.366 e. The van der Waals surface area contributed by atoms with E-state index in [1.807, 2.05) is 31.2 Å². The minimum absolute atomic E-state index is 0.355. The molecule has 3 rings (SSSR count). The summed E-state index contributed by atoms with van der Waals surface area (Å²) in [6, 6.07) is 7.82. The van der Waals surface area contributed by atoms with Gasteiger partial charge in [0.25, 0.3) is 5.91 Å². The quantitative estimate of drug-likeness (QED) is 0.503. The number of amides is 1. The number of rotatable bonds is 8. The predicted molar refractivity (Wildman–Crippen MR) is 118 cm³/mol. The van der Waals surface area contributed by atoms with Crippen molar-refractivity contribution >= 4 is 17.5 Å². The number of unbranched alkanes of at least 4 members (excludes halogenated alkanes) is 2. The highest BCUT2D eigenvalue weighted by atomic mass is 35.5. The monoisotopic (exact) mass is 400 g/mol. The Morgan fingerprint density at radius 1 is 1.18 bits per heavy atom. The van der Waals surface area contributed by atoms with E-state index in [1.165, 1.54) is 50.6 Å². The Bertz CT molecular complexity index is 818. The van der Waals surface area contributed by atoms with Gasteiger partial charge in [0.2, 0.25) is 0 Å². The highest BCUT2D eigenvalue weighted by molar-refractivity contribution is 6.33. The minimum atomic E-state index is -0.355. The summed E-state index contributed by atoms with van der Waals surface area (Å²) < 4.78 is 2.39. The molecule has 0 saturated heterocycles. The highest BCUT2D eigenvalue weighted by Gasteiger charge is 2.27. The van der Waals surface area contributed by atoms with Gasteiger partial charge in [0.15, 0.2) is 0 Å². The molecule has 0 unspecified atom stereocenters. The van der Waals surface area contributed by atoms with E-state index < -0.39 is 0 Å². The predicted octanol–water partition coefficient (Wildman–Crippen LogP) is 6.53. The fraction of sp³-hybridized carbons (Fsp3) is 0.542. The first-order valence-corrected chi connectivity index (χ1v) is 11.2. The first-order valence-electron chi connectivity index (χ1n) is 10.8. The van der Waals surface area contributed by atoms with Gasteiger partial charge in [-0.15, -0.1) is 0 Å². The number of primary amides is 1. The normalized spacial score (nSPS) is 15.1. The Morgan fingerprint density at radius 2 is 1.89 bits per heavy atom. The summed E-state index contributed by atoms with van der Waals surface area (Å²) in [5.41, 5.74) is 10.6. The lowest BCUT2D eigenvalue weighted by atomic mass is 9.89. The number of carbonyl (C=O) groups excluding carboxylic acids is 1. The maximum atomic E-state index is 12.5. The van der Waals surface area contributed by atoms with E-state index in [0.29, 0.717) is 16.5 Å². The van der Waals surface area contributed by atoms with Crippen LogP contribution in [0.1, 0.15) is 80.0 Å². The first-order chi connectivity index (χ1) is 13.5. The summed E-state index contributed by atoms with van der Waals surface area (Å²) in [5.74, 6) is 0.330. The second kappa shape index (κ2) is 9.65. The number of hydrogen-bond donors (Lipinski definition) is 1. The molecule has 1 fully saturated rings. The molecule has 0 bridgehead atoms. The van der Waals surface area contributed by atoms with Crippen molar-refractivity contribution in [2.24, 2.45) is 11.7 Å². The number of halogens is 1. The van der Waals surface area contributed by atoms with Crippen LogP contribution in [-0.4, -0.2) is 10.5 Å². The van der Waals surface area contributed by atoms with Crippen LogP contribution in [-0.2, 0) is 13.0 Å². The fourth-order valence-corrected chi connectivity index (χ4v) is 4.96. The number of aromatic nitrogens is 1. The van der Waals surface area contributed by atoms with Gasteiger partial charge in [-0.05, 0) is 44.6 Å². The molecule has 0 spiro atoms. The van der Waals surface area contributed by atoms with Crippen LogP contribution in [0, 0.1) is 12.8 Å². The van der Waals surface area contributed by atoms with Crippen molar-refractivity contribution in [3.8, 4) is 11.1 Å². The summed E-state index contributed by atoms with van der Waals surface area (Å²) in [6.07, 6.45) is 11.0. The topological polar surface area (TPSA) is 48.0 Å². The average Bonchev–Trinajstić information content (AvgIpc) is 2.95. The Balaban J connectivity index is 2.13. The van der Waals surface area contributed by atoms with Crippen LogP contribution in [0.5, 0.6) is 0 Å². The Labute approximate surface area is 174 Å². The van der Waals surface area contributed by atoms with E-state index >= 15 is 0 Å². The van der Waals surface area contributed by atoms with Crippen LogP contribution >= 0.6 is 11.6 Å². The highest BCUT2D eigenvalue weighted by Crippen LogP contribution is 2.38. The molecular formula is C24H33ClN2O. The van der Waals surface area contributed by atoms with Crippen molar-refractivity contribution in [1.82, 2.24) is 4.57 Å². The molecule has 3 nitrogen and oxygen atoms in total. The third-order valence-corrected chi connectivity index (χ3v) is 6.53. The van der Waals surface area contributed by atoms with Crippen LogP contribution in [0.4, 0.5) is 0 Å². The molecule has 1 heterocycles. The Kier molecular flexibility index (Phi) is 7.23. The number of benzene rings is 1. The van der Waals surface area contributed by atoms with E-state index in [1.54, 1.807) is 0 Å². The summed E-state index contributed by atoms with van der Waals surface area (Å²) in [7, 11) is 0. The molecule has 0 atom stereocenters. The first kappa shape index (κ1) is 21.0. The molecule has 1 aromatic heterocycles. The molecule has 1 aliphatic rings. The summed E-state index contributed by atoms with van der Waals surface area (Å²) in [4.78, 5) is 12.5. The molecule has 2 aromatic rings. The third-order valence-electron chi connectivity index (χ3n) is 6.20. The molecule has 1 saturated carbocycles. The zero-order valence-electron chi connectivity index (χ0n) is 17.3. The molecule has 4 heteroatoms. The molecular weight excluding hydrogens is 368 g/mol. The lowest BCUT2D eigenvalue weighted by molar-refractivity contribution is 0.1000. The maximum absolute atomic E-state index is 12.5. The van der Waals surface area contributed by atoms with E-state index in [9.17, 15) is 4.79 Å². The molecule has 1 amide bonds. The second-order valence-corrected chi connectivity index (χ2v) is 8.61. The SMILES string of the molecule is CCCCCc1c(-c2ccccc2Cl)c(C(N)=O)c(C)n1CC1CCCCC1. The zero-order chi connectivity index (χ0) is 20.1. The van der Waals surface area contributed by atoms with Gasteiger partial charge in [-0.2, -0.15) is 0 Å². The van der Waals surface area contributed by atoms with Crippen LogP contribution in [0.3, 0.4) is 0 Å². The fourth-order valence-electron chi connectivity index (χ4n) is 4.73. The zero-order valence-corrected chi connectivity index (χ0v) is 18.0. The van der Waals surface area contributed by atoms with Gasteiger partial charge in [-0.1, -0.05) is 68.8 Å². The summed E-state index contributed by atoms with van der Waals surface area (Å²) in [5, 5.41) is 0.677. The number of hydrogen-bond acceptors (Lipinski definition) is 1. The van der Waals surface area contributed by atoms with Crippen LogP contribution in [0.2, 0.25) is 5.02 Å². The van der Waals surface area contributed by atoms with Crippen molar-refractivity contribution in [3.05, 3.63) is 46.2 Å². The number of carbonyl (C=O) groups is 1. The van der Waals surface area contributed by atoms with E-state index in [2.05, 4.69) is 11.5 Å². The second-order valence-electron chi connectivity index (χ2n) is 8.20. The number of nitrogens with two attached hydrogens (primary N) is 1. The molecule has 152 valence electrons. The van der Waals surface area contributed by atoms with Crippen molar-refractivity contribution in [2.75, 3.05) is 0 Å².